The van der Waals surface area contributed by atoms with Gasteiger partial charge in [-0.1, -0.05) is 25.0 Å². The van der Waals surface area contributed by atoms with Crippen molar-refractivity contribution in [1.29, 1.82) is 0 Å². The molecule has 2 fully saturated rings. The zero-order valence-electron chi connectivity index (χ0n) is 16.4. The molecule has 0 spiro atoms. The van der Waals surface area contributed by atoms with E-state index in [1.54, 1.807) is 11.9 Å². The maximum atomic E-state index is 12.4. The lowest BCUT2D eigenvalue weighted by molar-refractivity contribution is -0.130. The van der Waals surface area contributed by atoms with E-state index >= 15 is 0 Å². The van der Waals surface area contributed by atoms with Crippen molar-refractivity contribution in [2.24, 2.45) is 0 Å². The van der Waals surface area contributed by atoms with Crippen molar-refractivity contribution in [3.8, 4) is 0 Å². The van der Waals surface area contributed by atoms with E-state index in [-0.39, 0.29) is 23.3 Å². The fourth-order valence-electron chi connectivity index (χ4n) is 4.16. The van der Waals surface area contributed by atoms with Gasteiger partial charge in [-0.3, -0.25) is 4.79 Å². The molecule has 0 radical (unpaired) electrons. The van der Waals surface area contributed by atoms with E-state index in [1.807, 2.05) is 0 Å². The van der Waals surface area contributed by atoms with Crippen molar-refractivity contribution >= 4 is 21.4 Å². The summed E-state index contributed by atoms with van der Waals surface area (Å²) >= 11 is 0. The summed E-state index contributed by atoms with van der Waals surface area (Å²) in [7, 11) is -1.38. The highest BCUT2D eigenvalue weighted by Crippen LogP contribution is 2.26. The number of carbonyl (C=O) groups is 1. The summed E-state index contributed by atoms with van der Waals surface area (Å²) in [5.74, 6) is -0.119. The standard InChI is InChI=1S/C21H32N2O3S/c1-22(21(24)13-16-27(25,26)20-7-3-4-8-20)17-18-9-11-19(12-10-18)23-14-5-2-6-15-23/h9-12,20H,2-8,13-17H2,1H3. The van der Waals surface area contributed by atoms with Crippen LogP contribution in [-0.4, -0.2) is 50.4 Å². The van der Waals surface area contributed by atoms with Crippen LogP contribution in [0.1, 0.15) is 56.9 Å². The predicted octanol–water partition coefficient (Wildman–Crippen LogP) is 3.38. The lowest BCUT2D eigenvalue weighted by Crippen LogP contribution is -2.30. The molecule has 0 N–H and O–H groups in total. The van der Waals surface area contributed by atoms with Gasteiger partial charge in [0, 0.05) is 38.8 Å². The molecule has 0 unspecified atom stereocenters. The van der Waals surface area contributed by atoms with Crippen molar-refractivity contribution in [2.45, 2.75) is 63.2 Å². The Bertz CT molecular complexity index is 718. The molecule has 5 nitrogen and oxygen atoms in total. The highest BCUT2D eigenvalue weighted by molar-refractivity contribution is 7.92. The van der Waals surface area contributed by atoms with Gasteiger partial charge >= 0.3 is 0 Å². The van der Waals surface area contributed by atoms with Crippen LogP contribution in [0.4, 0.5) is 5.69 Å². The number of hydrogen-bond acceptors (Lipinski definition) is 4. The van der Waals surface area contributed by atoms with E-state index in [9.17, 15) is 13.2 Å². The van der Waals surface area contributed by atoms with E-state index in [1.165, 1.54) is 24.9 Å². The average molecular weight is 393 g/mol. The number of amides is 1. The predicted molar refractivity (Wildman–Crippen MR) is 110 cm³/mol. The quantitative estimate of drug-likeness (QED) is 0.714. The molecule has 1 aromatic rings. The summed E-state index contributed by atoms with van der Waals surface area (Å²) in [4.78, 5) is 16.4. The van der Waals surface area contributed by atoms with Crippen LogP contribution in [0.15, 0.2) is 24.3 Å². The van der Waals surface area contributed by atoms with Gasteiger partial charge < -0.3 is 9.80 Å². The smallest absolute Gasteiger partial charge is 0.223 e. The van der Waals surface area contributed by atoms with Crippen molar-refractivity contribution < 1.29 is 13.2 Å². The lowest BCUT2D eigenvalue weighted by atomic mass is 10.1. The summed E-state index contributed by atoms with van der Waals surface area (Å²) in [5.41, 5.74) is 2.32. The molecule has 0 atom stereocenters. The second kappa shape index (κ2) is 9.09. The number of rotatable bonds is 7. The van der Waals surface area contributed by atoms with Crippen LogP contribution in [0.25, 0.3) is 0 Å². The largest absolute Gasteiger partial charge is 0.372 e. The molecular formula is C21H32N2O3S. The Labute approximate surface area is 163 Å². The number of sulfone groups is 1. The first kappa shape index (κ1) is 20.2. The first-order chi connectivity index (χ1) is 13.0. The van der Waals surface area contributed by atoms with Crippen LogP contribution in [0.3, 0.4) is 0 Å². The summed E-state index contributed by atoms with van der Waals surface area (Å²) in [6, 6.07) is 8.40. The minimum Gasteiger partial charge on any atom is -0.372 e. The second-order valence-corrected chi connectivity index (χ2v) is 10.4. The van der Waals surface area contributed by atoms with E-state index in [0.717, 1.165) is 44.3 Å². The van der Waals surface area contributed by atoms with Crippen LogP contribution in [0.2, 0.25) is 0 Å². The normalized spacial score (nSPS) is 18.6. The van der Waals surface area contributed by atoms with Crippen molar-refractivity contribution in [3.63, 3.8) is 0 Å². The molecule has 1 amide bonds. The molecule has 1 saturated carbocycles. The second-order valence-electron chi connectivity index (χ2n) is 7.99. The van der Waals surface area contributed by atoms with Crippen molar-refractivity contribution in [2.75, 3.05) is 30.8 Å². The zero-order valence-corrected chi connectivity index (χ0v) is 17.2. The minimum atomic E-state index is -3.13. The third-order valence-corrected chi connectivity index (χ3v) is 8.17. The lowest BCUT2D eigenvalue weighted by Gasteiger charge is -2.29. The van der Waals surface area contributed by atoms with E-state index in [0.29, 0.717) is 6.54 Å². The highest BCUT2D eigenvalue weighted by Gasteiger charge is 2.29. The number of nitrogens with zero attached hydrogens (tertiary/aromatic N) is 2. The van der Waals surface area contributed by atoms with Crippen molar-refractivity contribution in [3.05, 3.63) is 29.8 Å². The number of anilines is 1. The minimum absolute atomic E-state index is 0.0191. The van der Waals surface area contributed by atoms with Crippen LogP contribution < -0.4 is 4.90 Å². The van der Waals surface area contributed by atoms with Crippen LogP contribution in [0.5, 0.6) is 0 Å². The summed E-state index contributed by atoms with van der Waals surface area (Å²) in [6.07, 6.45) is 7.41. The molecule has 0 aromatic heterocycles. The Morgan fingerprint density at radius 2 is 1.67 bits per heavy atom. The van der Waals surface area contributed by atoms with Gasteiger partial charge in [-0.2, -0.15) is 0 Å². The monoisotopic (exact) mass is 392 g/mol. The molecule has 1 saturated heterocycles. The third kappa shape index (κ3) is 5.47. The molecule has 27 heavy (non-hydrogen) atoms. The van der Waals surface area contributed by atoms with Gasteiger partial charge in [-0.25, -0.2) is 8.42 Å². The van der Waals surface area contributed by atoms with Crippen LogP contribution >= 0.6 is 0 Å². The molecule has 2 aliphatic rings. The van der Waals surface area contributed by atoms with Gasteiger partial charge in [0.1, 0.15) is 0 Å². The Morgan fingerprint density at radius 1 is 1.04 bits per heavy atom. The Morgan fingerprint density at radius 3 is 2.30 bits per heavy atom. The van der Waals surface area contributed by atoms with E-state index < -0.39 is 9.84 Å². The average Bonchev–Trinajstić information content (AvgIpc) is 3.23. The number of benzene rings is 1. The molecule has 1 heterocycles. The SMILES string of the molecule is CN(Cc1ccc(N2CCCCC2)cc1)C(=O)CCS(=O)(=O)C1CCCC1. The van der Waals surface area contributed by atoms with E-state index in [2.05, 4.69) is 29.2 Å². The summed E-state index contributed by atoms with van der Waals surface area (Å²) < 4.78 is 24.7. The van der Waals surface area contributed by atoms with Crippen molar-refractivity contribution in [1.82, 2.24) is 4.90 Å². The highest BCUT2D eigenvalue weighted by atomic mass is 32.2. The molecule has 150 valence electrons. The maximum Gasteiger partial charge on any atom is 0.223 e. The van der Waals surface area contributed by atoms with Gasteiger partial charge in [-0.05, 0) is 49.8 Å². The van der Waals surface area contributed by atoms with Crippen LogP contribution in [-0.2, 0) is 21.2 Å². The summed E-state index contributed by atoms with van der Waals surface area (Å²) in [6.45, 7) is 2.75. The topological polar surface area (TPSA) is 57.7 Å². The first-order valence-electron chi connectivity index (χ1n) is 10.2. The first-order valence-corrected chi connectivity index (χ1v) is 12.0. The van der Waals surface area contributed by atoms with Crippen LogP contribution in [0, 0.1) is 0 Å². The Hall–Kier alpha value is -1.56. The summed E-state index contributed by atoms with van der Waals surface area (Å²) in [5, 5.41) is -0.224. The molecule has 3 rings (SSSR count). The Kier molecular flexibility index (Phi) is 6.79. The van der Waals surface area contributed by atoms with Gasteiger partial charge in [0.2, 0.25) is 5.91 Å². The molecule has 1 aliphatic carbocycles. The fourth-order valence-corrected chi connectivity index (χ4v) is 6.00. The zero-order chi connectivity index (χ0) is 19.3. The van der Waals surface area contributed by atoms with Gasteiger partial charge in [0.15, 0.2) is 9.84 Å². The number of hydrogen-bond donors (Lipinski definition) is 0. The fraction of sp³-hybridized carbons (Fsp3) is 0.667. The number of carbonyl (C=O) groups excluding carboxylic acids is 1. The van der Waals surface area contributed by atoms with Gasteiger partial charge in [0.25, 0.3) is 0 Å². The Balaban J connectivity index is 1.48. The third-order valence-electron chi connectivity index (χ3n) is 5.91. The molecular weight excluding hydrogens is 360 g/mol. The van der Waals surface area contributed by atoms with Gasteiger partial charge in [-0.15, -0.1) is 0 Å². The molecule has 6 heteroatoms. The van der Waals surface area contributed by atoms with Gasteiger partial charge in [0.05, 0.1) is 11.0 Å². The van der Waals surface area contributed by atoms with E-state index in [4.69, 9.17) is 0 Å². The number of piperidine rings is 1. The molecule has 0 bridgehead atoms. The molecule has 1 aliphatic heterocycles. The maximum absolute atomic E-state index is 12.4. The molecule has 1 aromatic carbocycles.